The van der Waals surface area contributed by atoms with Gasteiger partial charge >= 0.3 is 0 Å². The number of sulfonamides is 1. The third kappa shape index (κ3) is 4.93. The molecule has 166 valence electrons. The van der Waals surface area contributed by atoms with Crippen LogP contribution in [0.1, 0.15) is 50.4 Å². The van der Waals surface area contributed by atoms with E-state index in [0.717, 1.165) is 29.7 Å². The molecule has 2 aliphatic rings. The topological polar surface area (TPSA) is 105 Å². The highest BCUT2D eigenvalue weighted by molar-refractivity contribution is 7.88. The van der Waals surface area contributed by atoms with E-state index in [-0.39, 0.29) is 23.3 Å². The highest BCUT2D eigenvalue weighted by Crippen LogP contribution is 2.40. The summed E-state index contributed by atoms with van der Waals surface area (Å²) in [6, 6.07) is 3.65. The number of amides is 1. The summed E-state index contributed by atoms with van der Waals surface area (Å²) in [7, 11) is -3.20. The number of fused-ring (bicyclic) bond motifs is 1. The molecule has 1 aliphatic carbocycles. The molecule has 1 fully saturated rings. The van der Waals surface area contributed by atoms with Crippen LogP contribution < -0.4 is 5.32 Å². The van der Waals surface area contributed by atoms with E-state index in [2.05, 4.69) is 29.1 Å². The van der Waals surface area contributed by atoms with Crippen molar-refractivity contribution in [1.29, 1.82) is 0 Å². The lowest BCUT2D eigenvalue weighted by Crippen LogP contribution is -2.44. The van der Waals surface area contributed by atoms with Crippen molar-refractivity contribution in [3.63, 3.8) is 0 Å². The number of nitrogens with zero attached hydrogens (tertiary/aromatic N) is 4. The minimum absolute atomic E-state index is 0.00877. The lowest BCUT2D eigenvalue weighted by Gasteiger charge is -2.37. The van der Waals surface area contributed by atoms with Crippen molar-refractivity contribution >= 4 is 15.9 Å². The Morgan fingerprint density at radius 1 is 1.23 bits per heavy atom. The monoisotopic (exact) mass is 443 g/mol. The Kier molecular flexibility index (Phi) is 5.83. The van der Waals surface area contributed by atoms with Crippen molar-refractivity contribution in [3.8, 4) is 11.4 Å². The molecule has 31 heavy (non-hydrogen) atoms. The first kappa shape index (κ1) is 21.8. The lowest BCUT2D eigenvalue weighted by atomic mass is 9.74. The summed E-state index contributed by atoms with van der Waals surface area (Å²) in [5.74, 6) is 0.447. The number of hydrogen-bond donors (Lipinski definition) is 1. The van der Waals surface area contributed by atoms with Gasteiger partial charge in [0.05, 0.1) is 18.0 Å². The van der Waals surface area contributed by atoms with Crippen LogP contribution >= 0.6 is 0 Å². The molecule has 0 aromatic carbocycles. The fourth-order valence-electron chi connectivity index (χ4n) is 4.55. The molecule has 0 unspecified atom stereocenters. The number of piperidine rings is 1. The van der Waals surface area contributed by atoms with Gasteiger partial charge in [-0.1, -0.05) is 13.8 Å². The molecule has 2 aromatic rings. The van der Waals surface area contributed by atoms with Crippen LogP contribution in [0.3, 0.4) is 0 Å². The van der Waals surface area contributed by atoms with E-state index < -0.39 is 10.0 Å². The van der Waals surface area contributed by atoms with Crippen molar-refractivity contribution < 1.29 is 13.2 Å². The van der Waals surface area contributed by atoms with Crippen LogP contribution in [0.4, 0.5) is 0 Å². The zero-order valence-corrected chi connectivity index (χ0v) is 19.0. The first-order valence-electron chi connectivity index (χ1n) is 10.6. The molecule has 1 N–H and O–H groups in total. The number of carbonyl (C=O) groups is 1. The van der Waals surface area contributed by atoms with Crippen molar-refractivity contribution in [3.05, 3.63) is 42.0 Å². The van der Waals surface area contributed by atoms with E-state index in [4.69, 9.17) is 4.98 Å². The highest BCUT2D eigenvalue weighted by Gasteiger charge is 2.36. The maximum Gasteiger partial charge on any atom is 0.223 e. The van der Waals surface area contributed by atoms with Gasteiger partial charge in [0, 0.05) is 48.7 Å². The molecule has 1 amide bonds. The van der Waals surface area contributed by atoms with Crippen LogP contribution in [0, 0.1) is 11.3 Å². The third-order valence-electron chi connectivity index (χ3n) is 6.21. The van der Waals surface area contributed by atoms with E-state index in [1.807, 2.05) is 18.3 Å². The van der Waals surface area contributed by atoms with E-state index in [0.29, 0.717) is 31.8 Å². The Bertz CT molecular complexity index is 1060. The molecule has 0 bridgehead atoms. The summed E-state index contributed by atoms with van der Waals surface area (Å²) >= 11 is 0. The molecule has 1 saturated heterocycles. The zero-order valence-electron chi connectivity index (χ0n) is 18.2. The summed E-state index contributed by atoms with van der Waals surface area (Å²) in [5, 5.41) is 3.21. The molecule has 1 aliphatic heterocycles. The van der Waals surface area contributed by atoms with Crippen molar-refractivity contribution in [2.75, 3.05) is 19.3 Å². The van der Waals surface area contributed by atoms with Crippen LogP contribution in [0.5, 0.6) is 0 Å². The molecule has 8 nitrogen and oxygen atoms in total. The largest absolute Gasteiger partial charge is 0.349 e. The molecule has 9 heteroatoms. The predicted octanol–water partition coefficient (Wildman–Crippen LogP) is 2.34. The van der Waals surface area contributed by atoms with Crippen LogP contribution in [0.15, 0.2) is 30.7 Å². The quantitative estimate of drug-likeness (QED) is 0.778. The van der Waals surface area contributed by atoms with Crippen molar-refractivity contribution in [2.24, 2.45) is 11.3 Å². The predicted molar refractivity (Wildman–Crippen MR) is 117 cm³/mol. The van der Waals surface area contributed by atoms with Gasteiger partial charge in [-0.25, -0.2) is 22.7 Å². The average Bonchev–Trinajstić information content (AvgIpc) is 2.72. The first-order chi connectivity index (χ1) is 14.6. The standard InChI is InChI=1S/C22H29N5O3S/c1-22(2)11-18-17(14-24-20(25-18)16-5-4-8-23-13-16)19(12-22)26-21(28)15-6-9-27(10-7-15)31(3,29)30/h4-5,8,13-15,19H,6-7,9-12H2,1-3H3,(H,26,28)/t19-/m0/s1. The Hall–Kier alpha value is -2.39. The average molecular weight is 444 g/mol. The molecule has 1 atom stereocenters. The molecule has 0 saturated carbocycles. The van der Waals surface area contributed by atoms with Gasteiger partial charge in [0.25, 0.3) is 0 Å². The maximum atomic E-state index is 13.0. The lowest BCUT2D eigenvalue weighted by molar-refractivity contribution is -0.127. The minimum Gasteiger partial charge on any atom is -0.349 e. The number of rotatable bonds is 4. The molecular weight excluding hydrogens is 414 g/mol. The second-order valence-corrected chi connectivity index (χ2v) is 11.4. The summed E-state index contributed by atoms with van der Waals surface area (Å²) in [5.41, 5.74) is 2.79. The van der Waals surface area contributed by atoms with Gasteiger partial charge in [-0.3, -0.25) is 9.78 Å². The summed E-state index contributed by atoms with van der Waals surface area (Å²) in [6.45, 7) is 5.15. The van der Waals surface area contributed by atoms with Gasteiger partial charge in [0.1, 0.15) is 0 Å². The van der Waals surface area contributed by atoms with Crippen LogP contribution in [0.2, 0.25) is 0 Å². The van der Waals surface area contributed by atoms with E-state index in [9.17, 15) is 13.2 Å². The first-order valence-corrected chi connectivity index (χ1v) is 12.5. The van der Waals surface area contributed by atoms with Gasteiger partial charge in [-0.2, -0.15) is 0 Å². The van der Waals surface area contributed by atoms with Crippen molar-refractivity contribution in [2.45, 2.75) is 45.6 Å². The Labute approximate surface area is 183 Å². The molecule has 0 radical (unpaired) electrons. The Morgan fingerprint density at radius 3 is 2.61 bits per heavy atom. The summed E-state index contributed by atoms with van der Waals surface area (Å²) < 4.78 is 24.9. The van der Waals surface area contributed by atoms with Gasteiger partial charge in [0.2, 0.25) is 15.9 Å². The maximum absolute atomic E-state index is 13.0. The molecule has 2 aromatic heterocycles. The van der Waals surface area contributed by atoms with Gasteiger partial charge in [-0.05, 0) is 43.2 Å². The SMILES string of the molecule is CC1(C)Cc2nc(-c3cccnc3)ncc2[C@@H](NC(=O)C2CCN(S(C)(=O)=O)CC2)C1. The second-order valence-electron chi connectivity index (χ2n) is 9.38. The summed E-state index contributed by atoms with van der Waals surface area (Å²) in [4.78, 5) is 26.5. The van der Waals surface area contributed by atoms with Crippen molar-refractivity contribution in [1.82, 2.24) is 24.6 Å². The van der Waals surface area contributed by atoms with Crippen LogP contribution in [-0.4, -0.2) is 52.9 Å². The zero-order chi connectivity index (χ0) is 22.2. The Morgan fingerprint density at radius 2 is 1.97 bits per heavy atom. The highest BCUT2D eigenvalue weighted by atomic mass is 32.2. The van der Waals surface area contributed by atoms with Gasteiger partial charge < -0.3 is 5.32 Å². The minimum atomic E-state index is -3.20. The molecule has 0 spiro atoms. The third-order valence-corrected chi connectivity index (χ3v) is 7.51. The van der Waals surface area contributed by atoms with Gasteiger partial charge in [0.15, 0.2) is 5.82 Å². The van der Waals surface area contributed by atoms with Gasteiger partial charge in [-0.15, -0.1) is 0 Å². The number of aromatic nitrogens is 3. The number of hydrogen-bond acceptors (Lipinski definition) is 6. The number of carbonyl (C=O) groups excluding carboxylic acids is 1. The van der Waals surface area contributed by atoms with Crippen LogP contribution in [0.25, 0.3) is 11.4 Å². The van der Waals surface area contributed by atoms with E-state index in [1.165, 1.54) is 10.6 Å². The molecule has 3 heterocycles. The fourth-order valence-corrected chi connectivity index (χ4v) is 5.42. The second kappa shape index (κ2) is 8.27. The fraction of sp³-hybridized carbons (Fsp3) is 0.545. The summed E-state index contributed by atoms with van der Waals surface area (Å²) in [6.07, 6.45) is 9.22. The number of nitrogens with one attached hydrogen (secondary N) is 1. The van der Waals surface area contributed by atoms with E-state index >= 15 is 0 Å². The molecule has 4 rings (SSSR count). The normalized spacial score (nSPS) is 22.0. The smallest absolute Gasteiger partial charge is 0.223 e. The Balaban J connectivity index is 1.51. The number of pyridine rings is 1. The van der Waals surface area contributed by atoms with Crippen LogP contribution in [-0.2, 0) is 21.2 Å². The molecular formula is C22H29N5O3S. The van der Waals surface area contributed by atoms with E-state index in [1.54, 1.807) is 12.4 Å².